The molecule has 1 aromatic heterocycles. The lowest BCUT2D eigenvalue weighted by Crippen LogP contribution is -2.39. The summed E-state index contributed by atoms with van der Waals surface area (Å²) in [6.07, 6.45) is 4.81. The Morgan fingerprint density at radius 1 is 1.17 bits per heavy atom. The van der Waals surface area contributed by atoms with E-state index < -0.39 is 10.0 Å². The van der Waals surface area contributed by atoms with E-state index in [1.165, 1.54) is 24.6 Å². The molecule has 0 spiro atoms. The molecule has 3 rings (SSSR count). The van der Waals surface area contributed by atoms with Gasteiger partial charge in [-0.25, -0.2) is 13.1 Å². The van der Waals surface area contributed by atoms with Crippen LogP contribution in [0.25, 0.3) is 0 Å². The summed E-state index contributed by atoms with van der Waals surface area (Å²) in [6.45, 7) is 0.848. The lowest BCUT2D eigenvalue weighted by Gasteiger charge is -2.31. The number of hydrogen-bond donors (Lipinski definition) is 0. The van der Waals surface area contributed by atoms with Crippen LogP contribution in [0.5, 0.6) is 11.5 Å². The van der Waals surface area contributed by atoms with Crippen LogP contribution >= 0.6 is 0 Å². The second-order valence-electron chi connectivity index (χ2n) is 5.54. The summed E-state index contributed by atoms with van der Waals surface area (Å²) in [4.78, 5) is 0.128. The lowest BCUT2D eigenvalue weighted by molar-refractivity contribution is 0.257. The van der Waals surface area contributed by atoms with Gasteiger partial charge in [-0.1, -0.05) is 5.21 Å². The van der Waals surface area contributed by atoms with Gasteiger partial charge in [0.05, 0.1) is 26.5 Å². The van der Waals surface area contributed by atoms with Crippen LogP contribution in [0.3, 0.4) is 0 Å². The van der Waals surface area contributed by atoms with Gasteiger partial charge in [0, 0.05) is 25.4 Å². The van der Waals surface area contributed by atoms with E-state index in [-0.39, 0.29) is 10.9 Å². The molecule has 1 aliphatic rings. The molecular weight excluding hydrogens is 332 g/mol. The Labute approximate surface area is 141 Å². The molecule has 0 amide bonds. The Hall–Kier alpha value is -2.13. The van der Waals surface area contributed by atoms with Crippen molar-refractivity contribution in [3.8, 4) is 11.5 Å². The monoisotopic (exact) mass is 352 g/mol. The molecule has 0 saturated carbocycles. The average molecular weight is 352 g/mol. The summed E-state index contributed by atoms with van der Waals surface area (Å²) in [5.41, 5.74) is 0. The van der Waals surface area contributed by atoms with Crippen molar-refractivity contribution < 1.29 is 17.9 Å². The van der Waals surface area contributed by atoms with Crippen LogP contribution in [-0.2, 0) is 10.0 Å². The van der Waals surface area contributed by atoms with E-state index >= 15 is 0 Å². The highest BCUT2D eigenvalue weighted by molar-refractivity contribution is 7.89. The number of aromatic nitrogens is 3. The van der Waals surface area contributed by atoms with Crippen LogP contribution in [0.4, 0.5) is 0 Å². The van der Waals surface area contributed by atoms with Gasteiger partial charge in [-0.3, -0.25) is 0 Å². The van der Waals surface area contributed by atoms with E-state index in [1.807, 2.05) is 0 Å². The lowest BCUT2D eigenvalue weighted by atomic mass is 10.1. The minimum atomic E-state index is -3.65. The van der Waals surface area contributed by atoms with Crippen LogP contribution in [0, 0.1) is 0 Å². The Bertz CT molecular complexity index is 784. The first-order valence-electron chi connectivity index (χ1n) is 7.64. The molecule has 8 nitrogen and oxygen atoms in total. The zero-order valence-corrected chi connectivity index (χ0v) is 14.4. The van der Waals surface area contributed by atoms with Crippen LogP contribution < -0.4 is 9.47 Å². The van der Waals surface area contributed by atoms with Gasteiger partial charge >= 0.3 is 0 Å². The van der Waals surface area contributed by atoms with E-state index in [1.54, 1.807) is 29.2 Å². The molecule has 0 aliphatic carbocycles. The van der Waals surface area contributed by atoms with Gasteiger partial charge in [-0.15, -0.1) is 5.10 Å². The second-order valence-corrected chi connectivity index (χ2v) is 7.44. The Morgan fingerprint density at radius 2 is 1.92 bits per heavy atom. The number of nitrogens with zero attached hydrogens (tertiary/aromatic N) is 4. The van der Waals surface area contributed by atoms with Gasteiger partial charge < -0.3 is 9.47 Å². The van der Waals surface area contributed by atoms with Crippen molar-refractivity contribution >= 4 is 10.0 Å². The van der Waals surface area contributed by atoms with Crippen LogP contribution in [-0.4, -0.2) is 55.0 Å². The minimum absolute atomic E-state index is 0.128. The van der Waals surface area contributed by atoms with Crippen LogP contribution in [0.15, 0.2) is 35.5 Å². The fourth-order valence-corrected chi connectivity index (χ4v) is 4.52. The van der Waals surface area contributed by atoms with Crippen molar-refractivity contribution in [1.82, 2.24) is 19.3 Å². The maximum Gasteiger partial charge on any atom is 0.246 e. The molecule has 0 N–H and O–H groups in total. The van der Waals surface area contributed by atoms with Gasteiger partial charge in [0.1, 0.15) is 16.4 Å². The Morgan fingerprint density at radius 3 is 2.50 bits per heavy atom. The summed E-state index contributed by atoms with van der Waals surface area (Å²) in [5, 5.41) is 7.80. The summed E-state index contributed by atoms with van der Waals surface area (Å²) in [6, 6.07) is 4.95. The zero-order valence-electron chi connectivity index (χ0n) is 13.6. The third-order valence-corrected chi connectivity index (χ3v) is 6.15. The first-order chi connectivity index (χ1) is 11.6. The summed E-state index contributed by atoms with van der Waals surface area (Å²) < 4.78 is 39.6. The predicted molar refractivity (Wildman–Crippen MR) is 86.6 cm³/mol. The van der Waals surface area contributed by atoms with E-state index in [0.717, 1.165) is 0 Å². The number of piperidine rings is 1. The highest BCUT2D eigenvalue weighted by Crippen LogP contribution is 2.33. The van der Waals surface area contributed by atoms with Crippen molar-refractivity contribution in [2.24, 2.45) is 0 Å². The molecular formula is C15H20N4O4S. The van der Waals surface area contributed by atoms with Crippen LogP contribution in [0.1, 0.15) is 18.9 Å². The largest absolute Gasteiger partial charge is 0.497 e. The van der Waals surface area contributed by atoms with Crippen molar-refractivity contribution in [2.45, 2.75) is 23.8 Å². The van der Waals surface area contributed by atoms with Crippen LogP contribution in [0.2, 0.25) is 0 Å². The highest BCUT2D eigenvalue weighted by Gasteiger charge is 2.32. The zero-order chi connectivity index (χ0) is 17.2. The van der Waals surface area contributed by atoms with E-state index in [9.17, 15) is 8.42 Å². The summed E-state index contributed by atoms with van der Waals surface area (Å²) in [5.74, 6) is 0.793. The Kier molecular flexibility index (Phi) is 4.72. The van der Waals surface area contributed by atoms with Crippen molar-refractivity contribution in [2.75, 3.05) is 27.3 Å². The number of methoxy groups -OCH3 is 2. The van der Waals surface area contributed by atoms with Crippen molar-refractivity contribution in [1.29, 1.82) is 0 Å². The molecule has 0 atom stereocenters. The molecule has 1 fully saturated rings. The third-order valence-electron chi connectivity index (χ3n) is 4.23. The standard InChI is InChI=1S/C15H20N4O4S/c1-22-13-3-4-14(23-2)15(11-13)24(20,21)18-8-5-12(6-9-18)19-10-7-16-17-19/h3-4,7,10-12H,5-6,8-9H2,1-2H3. The molecule has 1 aliphatic heterocycles. The highest BCUT2D eigenvalue weighted by atomic mass is 32.2. The van der Waals surface area contributed by atoms with Crippen molar-refractivity contribution in [3.05, 3.63) is 30.6 Å². The second kappa shape index (κ2) is 6.78. The first-order valence-corrected chi connectivity index (χ1v) is 9.08. The van der Waals surface area contributed by atoms with E-state index in [2.05, 4.69) is 10.3 Å². The fraction of sp³-hybridized carbons (Fsp3) is 0.467. The third kappa shape index (κ3) is 3.09. The molecule has 1 aromatic carbocycles. The number of ether oxygens (including phenoxy) is 2. The molecule has 0 unspecified atom stereocenters. The predicted octanol–water partition coefficient (Wildman–Crippen LogP) is 1.32. The molecule has 0 radical (unpaired) electrons. The van der Waals surface area contributed by atoms with E-state index in [4.69, 9.17) is 9.47 Å². The average Bonchev–Trinajstić information content (AvgIpc) is 3.16. The molecule has 24 heavy (non-hydrogen) atoms. The number of rotatable bonds is 5. The number of benzene rings is 1. The Balaban J connectivity index is 1.82. The summed E-state index contributed by atoms with van der Waals surface area (Å²) >= 11 is 0. The molecule has 1 saturated heterocycles. The molecule has 0 bridgehead atoms. The SMILES string of the molecule is COc1ccc(OC)c(S(=O)(=O)N2CCC(n3ccnn3)CC2)c1. The normalized spacial score (nSPS) is 16.9. The fourth-order valence-electron chi connectivity index (χ4n) is 2.88. The topological polar surface area (TPSA) is 86.5 Å². The quantitative estimate of drug-likeness (QED) is 0.807. The number of sulfonamides is 1. The van der Waals surface area contributed by atoms with Crippen molar-refractivity contribution in [3.63, 3.8) is 0 Å². The maximum absolute atomic E-state index is 13.0. The van der Waals surface area contributed by atoms with Gasteiger partial charge in [0.2, 0.25) is 10.0 Å². The van der Waals surface area contributed by atoms with E-state index in [0.29, 0.717) is 37.4 Å². The molecule has 9 heteroatoms. The van der Waals surface area contributed by atoms with Gasteiger partial charge in [0.25, 0.3) is 0 Å². The van der Waals surface area contributed by atoms with Gasteiger partial charge in [0.15, 0.2) is 0 Å². The van der Waals surface area contributed by atoms with Gasteiger partial charge in [-0.05, 0) is 25.0 Å². The number of hydrogen-bond acceptors (Lipinski definition) is 6. The molecule has 2 heterocycles. The summed E-state index contributed by atoms with van der Waals surface area (Å²) in [7, 11) is -0.689. The molecule has 130 valence electrons. The maximum atomic E-state index is 13.0. The smallest absolute Gasteiger partial charge is 0.246 e. The first kappa shape index (κ1) is 16.7. The minimum Gasteiger partial charge on any atom is -0.497 e. The van der Waals surface area contributed by atoms with Gasteiger partial charge in [-0.2, -0.15) is 4.31 Å². The molecule has 2 aromatic rings.